The zero-order valence-electron chi connectivity index (χ0n) is 10.6. The number of hydrogen-bond acceptors (Lipinski definition) is 7. The Morgan fingerprint density at radius 1 is 1.55 bits per heavy atom. The molecule has 2 N–H and O–H groups in total. The Hall–Kier alpha value is -1.48. The van der Waals surface area contributed by atoms with Crippen LogP contribution in [-0.2, 0) is 4.74 Å². The lowest BCUT2D eigenvalue weighted by Crippen LogP contribution is -2.24. The predicted octanol–water partition coefficient (Wildman–Crippen LogP) is 0.129. The van der Waals surface area contributed by atoms with Crippen molar-refractivity contribution in [3.05, 3.63) is 11.5 Å². The maximum atomic E-state index is 9.80. The van der Waals surface area contributed by atoms with E-state index in [0.717, 1.165) is 0 Å². The van der Waals surface area contributed by atoms with Gasteiger partial charge in [0.1, 0.15) is 17.8 Å². The average Bonchev–Trinajstić information content (AvgIpc) is 2.96. The summed E-state index contributed by atoms with van der Waals surface area (Å²) in [6.45, 7) is -0.264. The number of imidazole rings is 1. The number of aliphatic hydroxyl groups is 2. The maximum Gasteiger partial charge on any atom is 0.318 e. The molecule has 0 radical (unpaired) electrons. The minimum absolute atomic E-state index is 0.179. The highest BCUT2D eigenvalue weighted by molar-refractivity contribution is 6.29. The minimum Gasteiger partial charge on any atom is -0.467 e. The lowest BCUT2D eigenvalue weighted by Gasteiger charge is -2.14. The van der Waals surface area contributed by atoms with Crippen LogP contribution in [0.4, 0.5) is 0 Å². The van der Waals surface area contributed by atoms with Gasteiger partial charge in [0.05, 0.1) is 26.0 Å². The van der Waals surface area contributed by atoms with E-state index in [2.05, 4.69) is 15.0 Å². The Morgan fingerprint density at radius 3 is 3.00 bits per heavy atom. The van der Waals surface area contributed by atoms with Crippen molar-refractivity contribution in [2.75, 3.05) is 13.7 Å². The van der Waals surface area contributed by atoms with Gasteiger partial charge in [0, 0.05) is 6.42 Å². The van der Waals surface area contributed by atoms with Crippen molar-refractivity contribution in [2.45, 2.75) is 24.9 Å². The van der Waals surface area contributed by atoms with Crippen molar-refractivity contribution in [3.63, 3.8) is 0 Å². The molecule has 2 aromatic heterocycles. The fourth-order valence-corrected chi connectivity index (χ4v) is 2.52. The number of rotatable bonds is 3. The number of methoxy groups -OCH3 is 1. The van der Waals surface area contributed by atoms with Crippen molar-refractivity contribution in [1.29, 1.82) is 0 Å². The zero-order chi connectivity index (χ0) is 14.3. The monoisotopic (exact) mass is 300 g/mol. The van der Waals surface area contributed by atoms with Gasteiger partial charge in [-0.3, -0.25) is 4.57 Å². The summed E-state index contributed by atoms with van der Waals surface area (Å²) in [5.41, 5.74) is 0.957. The first-order valence-corrected chi connectivity index (χ1v) is 6.40. The summed E-state index contributed by atoms with van der Waals surface area (Å²) >= 11 is 6.10. The second-order valence-electron chi connectivity index (χ2n) is 4.43. The van der Waals surface area contributed by atoms with Crippen molar-refractivity contribution in [1.82, 2.24) is 19.5 Å². The van der Waals surface area contributed by atoms with Crippen LogP contribution in [0.2, 0.25) is 5.28 Å². The highest BCUT2D eigenvalue weighted by Crippen LogP contribution is 2.33. The highest BCUT2D eigenvalue weighted by Gasteiger charge is 2.36. The van der Waals surface area contributed by atoms with Gasteiger partial charge in [-0.05, 0) is 11.6 Å². The van der Waals surface area contributed by atoms with Crippen molar-refractivity contribution in [2.24, 2.45) is 0 Å². The first-order chi connectivity index (χ1) is 9.63. The fourth-order valence-electron chi connectivity index (χ4n) is 2.24. The third-order valence-electron chi connectivity index (χ3n) is 3.22. The predicted molar refractivity (Wildman–Crippen MR) is 68.5 cm³/mol. The van der Waals surface area contributed by atoms with E-state index in [1.54, 1.807) is 4.57 Å². The number of aromatic nitrogens is 4. The summed E-state index contributed by atoms with van der Waals surface area (Å²) in [6.07, 6.45) is -0.153. The number of hydrogen-bond donors (Lipinski definition) is 2. The molecule has 1 fully saturated rings. The lowest BCUT2D eigenvalue weighted by molar-refractivity contribution is -0.0431. The molecule has 2 aromatic rings. The first kappa shape index (κ1) is 13.5. The van der Waals surface area contributed by atoms with E-state index >= 15 is 0 Å². The number of nitrogens with zero attached hydrogens (tertiary/aromatic N) is 4. The summed E-state index contributed by atoms with van der Waals surface area (Å²) < 4.78 is 12.1. The van der Waals surface area contributed by atoms with E-state index in [-0.39, 0.29) is 17.9 Å². The second-order valence-corrected chi connectivity index (χ2v) is 4.77. The van der Waals surface area contributed by atoms with Gasteiger partial charge in [0.25, 0.3) is 0 Å². The van der Waals surface area contributed by atoms with E-state index in [4.69, 9.17) is 26.2 Å². The van der Waals surface area contributed by atoms with Gasteiger partial charge in [0.2, 0.25) is 5.28 Å². The Morgan fingerprint density at radius 2 is 2.35 bits per heavy atom. The Bertz CT molecular complexity index is 634. The molecule has 0 saturated carbocycles. The molecular formula is C11H13ClN4O4. The van der Waals surface area contributed by atoms with Gasteiger partial charge in [-0.15, -0.1) is 0 Å². The average molecular weight is 301 g/mol. The molecule has 1 aliphatic heterocycles. The molecule has 0 aromatic carbocycles. The zero-order valence-corrected chi connectivity index (χ0v) is 11.4. The van der Waals surface area contributed by atoms with Crippen LogP contribution in [0, 0.1) is 0 Å². The smallest absolute Gasteiger partial charge is 0.318 e. The Balaban J connectivity index is 2.04. The fraction of sp³-hybridized carbons (Fsp3) is 0.545. The molecule has 0 unspecified atom stereocenters. The van der Waals surface area contributed by atoms with Gasteiger partial charge in [-0.25, -0.2) is 9.97 Å². The molecule has 8 nitrogen and oxygen atoms in total. The summed E-state index contributed by atoms with van der Waals surface area (Å²) in [5, 5.41) is 19.1. The molecule has 3 heterocycles. The number of fused-ring (bicyclic) bond motifs is 1. The van der Waals surface area contributed by atoms with Gasteiger partial charge < -0.3 is 19.7 Å². The first-order valence-electron chi connectivity index (χ1n) is 6.03. The van der Waals surface area contributed by atoms with Crippen LogP contribution in [0.25, 0.3) is 11.2 Å². The van der Waals surface area contributed by atoms with Crippen molar-refractivity contribution in [3.8, 4) is 6.01 Å². The van der Waals surface area contributed by atoms with Crippen molar-refractivity contribution < 1.29 is 19.7 Å². The van der Waals surface area contributed by atoms with E-state index < -0.39 is 18.4 Å². The van der Waals surface area contributed by atoms with Gasteiger partial charge in [-0.2, -0.15) is 4.98 Å². The quantitative estimate of drug-likeness (QED) is 0.777. The van der Waals surface area contributed by atoms with Crippen LogP contribution in [0.1, 0.15) is 12.6 Å². The SMILES string of the molecule is COc1ncc2nc(Cl)n([C@H]3C[C@@H](O)[C@H](CO)O3)c2n1. The van der Waals surface area contributed by atoms with Crippen LogP contribution in [0.15, 0.2) is 6.20 Å². The molecule has 20 heavy (non-hydrogen) atoms. The lowest BCUT2D eigenvalue weighted by atomic mass is 10.2. The van der Waals surface area contributed by atoms with Crippen LogP contribution in [0.5, 0.6) is 6.01 Å². The van der Waals surface area contributed by atoms with E-state index in [0.29, 0.717) is 17.6 Å². The summed E-state index contributed by atoms with van der Waals surface area (Å²) in [4.78, 5) is 12.3. The third kappa shape index (κ3) is 2.10. The molecule has 0 spiro atoms. The van der Waals surface area contributed by atoms with Crippen LogP contribution in [-0.4, -0.2) is 55.7 Å². The number of aliphatic hydroxyl groups excluding tert-OH is 2. The molecule has 0 bridgehead atoms. The maximum absolute atomic E-state index is 9.80. The third-order valence-corrected chi connectivity index (χ3v) is 3.49. The molecule has 0 aliphatic carbocycles. The van der Waals surface area contributed by atoms with Gasteiger partial charge in [-0.1, -0.05) is 0 Å². The van der Waals surface area contributed by atoms with Crippen molar-refractivity contribution >= 4 is 22.8 Å². The van der Waals surface area contributed by atoms with E-state index in [9.17, 15) is 5.11 Å². The summed E-state index contributed by atoms with van der Waals surface area (Å²) in [6, 6.07) is 0.188. The van der Waals surface area contributed by atoms with Crippen LogP contribution < -0.4 is 4.74 Å². The minimum atomic E-state index is -0.762. The Labute approximate surface area is 118 Å². The largest absolute Gasteiger partial charge is 0.467 e. The molecule has 1 aliphatic rings. The number of ether oxygens (including phenoxy) is 2. The molecule has 9 heteroatoms. The van der Waals surface area contributed by atoms with Gasteiger partial charge in [0.15, 0.2) is 5.65 Å². The molecular weight excluding hydrogens is 288 g/mol. The molecule has 3 rings (SSSR count). The number of halogens is 1. The Kier molecular flexibility index (Phi) is 3.47. The summed E-state index contributed by atoms with van der Waals surface area (Å²) in [7, 11) is 1.46. The molecule has 0 amide bonds. The van der Waals surface area contributed by atoms with E-state index in [1.165, 1.54) is 13.3 Å². The van der Waals surface area contributed by atoms with Gasteiger partial charge >= 0.3 is 6.01 Å². The second kappa shape index (κ2) is 5.13. The molecule has 1 saturated heterocycles. The molecule has 3 atom stereocenters. The highest BCUT2D eigenvalue weighted by atomic mass is 35.5. The topological polar surface area (TPSA) is 103 Å². The van der Waals surface area contributed by atoms with E-state index in [1.807, 2.05) is 0 Å². The normalized spacial score (nSPS) is 26.3. The summed E-state index contributed by atoms with van der Waals surface area (Å²) in [5.74, 6) is 0. The molecule has 108 valence electrons. The van der Waals surface area contributed by atoms with Crippen LogP contribution >= 0.6 is 11.6 Å². The van der Waals surface area contributed by atoms with Crippen LogP contribution in [0.3, 0.4) is 0 Å². The standard InChI is InChI=1S/C11H13ClN4O4/c1-19-11-13-3-5-9(15-11)16(10(12)14-5)8-2-6(18)7(4-17)20-8/h3,6-8,17-18H,2,4H2,1H3/t6-,7+,8-/m1/s1.